The first kappa shape index (κ1) is 12.2. The number of hydrogen-bond donors (Lipinski definition) is 0. The quantitative estimate of drug-likeness (QED) is 0.519. The molecule has 0 saturated carbocycles. The Labute approximate surface area is 91.4 Å². The lowest BCUT2D eigenvalue weighted by Crippen LogP contribution is -2.34. The van der Waals surface area contributed by atoms with Crippen molar-refractivity contribution >= 4 is 5.97 Å². The van der Waals surface area contributed by atoms with Gasteiger partial charge in [-0.15, -0.1) is 0 Å². The highest BCUT2D eigenvalue weighted by Crippen LogP contribution is 2.32. The lowest BCUT2D eigenvalue weighted by atomic mass is 10.1. The van der Waals surface area contributed by atoms with Gasteiger partial charge in [0.2, 0.25) is 5.79 Å². The molecular formula is C12H20O3. The van der Waals surface area contributed by atoms with Crippen LogP contribution in [0.2, 0.25) is 0 Å². The summed E-state index contributed by atoms with van der Waals surface area (Å²) in [5.41, 5.74) is 0.432. The van der Waals surface area contributed by atoms with E-state index in [0.717, 1.165) is 32.1 Å². The Hall–Kier alpha value is -0.830. The zero-order chi connectivity index (χ0) is 11.3. The Morgan fingerprint density at radius 3 is 2.80 bits per heavy atom. The molecule has 0 aliphatic carbocycles. The van der Waals surface area contributed by atoms with Crippen LogP contribution in [-0.2, 0) is 14.3 Å². The molecule has 0 aromatic carbocycles. The van der Waals surface area contributed by atoms with Gasteiger partial charge in [0, 0.05) is 18.4 Å². The molecule has 1 heterocycles. The summed E-state index contributed by atoms with van der Waals surface area (Å²) in [4.78, 5) is 11.5. The average molecular weight is 212 g/mol. The van der Waals surface area contributed by atoms with Crippen molar-refractivity contribution in [1.82, 2.24) is 0 Å². The lowest BCUT2D eigenvalue weighted by molar-refractivity contribution is -0.212. The van der Waals surface area contributed by atoms with Crippen LogP contribution in [-0.4, -0.2) is 18.4 Å². The van der Waals surface area contributed by atoms with Gasteiger partial charge in [-0.25, -0.2) is 4.79 Å². The van der Waals surface area contributed by atoms with Crippen molar-refractivity contribution < 1.29 is 14.3 Å². The molecule has 86 valence electrons. The van der Waals surface area contributed by atoms with Crippen molar-refractivity contribution in [2.24, 2.45) is 0 Å². The van der Waals surface area contributed by atoms with Gasteiger partial charge in [0.25, 0.3) is 0 Å². The van der Waals surface area contributed by atoms with E-state index in [2.05, 4.69) is 13.5 Å². The third-order valence-electron chi connectivity index (χ3n) is 2.61. The smallest absolute Gasteiger partial charge is 0.335 e. The monoisotopic (exact) mass is 212 g/mol. The fraction of sp³-hybridized carbons (Fsp3) is 0.750. The summed E-state index contributed by atoms with van der Waals surface area (Å²) in [6.45, 7) is 8.04. The fourth-order valence-electron chi connectivity index (χ4n) is 1.70. The minimum atomic E-state index is -0.661. The first-order valence-electron chi connectivity index (χ1n) is 5.62. The molecule has 0 aromatic rings. The Morgan fingerprint density at radius 1 is 1.60 bits per heavy atom. The molecule has 0 amide bonds. The van der Waals surface area contributed by atoms with Crippen LogP contribution >= 0.6 is 0 Å². The van der Waals surface area contributed by atoms with Gasteiger partial charge in [-0.1, -0.05) is 19.9 Å². The highest BCUT2D eigenvalue weighted by atomic mass is 16.7. The predicted molar refractivity (Wildman–Crippen MR) is 58.3 cm³/mol. The van der Waals surface area contributed by atoms with Gasteiger partial charge < -0.3 is 9.47 Å². The van der Waals surface area contributed by atoms with E-state index in [9.17, 15) is 4.79 Å². The zero-order valence-corrected chi connectivity index (χ0v) is 9.67. The summed E-state index contributed by atoms with van der Waals surface area (Å²) >= 11 is 0. The van der Waals surface area contributed by atoms with Crippen molar-refractivity contribution in [2.45, 2.75) is 51.7 Å². The largest absolute Gasteiger partial charge is 0.430 e. The molecule has 3 nitrogen and oxygen atoms in total. The van der Waals surface area contributed by atoms with Gasteiger partial charge in [-0.2, -0.15) is 0 Å². The van der Waals surface area contributed by atoms with Gasteiger partial charge in [-0.3, -0.25) is 0 Å². The second-order valence-corrected chi connectivity index (χ2v) is 4.14. The summed E-state index contributed by atoms with van der Waals surface area (Å²) in [7, 11) is 0. The summed E-state index contributed by atoms with van der Waals surface area (Å²) in [5.74, 6) is -1.00. The molecule has 3 heteroatoms. The number of rotatable bonds is 5. The molecule has 1 unspecified atom stereocenters. The van der Waals surface area contributed by atoms with Gasteiger partial charge in [0.1, 0.15) is 0 Å². The minimum absolute atomic E-state index is 0.340. The molecule has 1 aliphatic heterocycles. The van der Waals surface area contributed by atoms with E-state index in [1.807, 2.05) is 0 Å². The number of carbonyl (C=O) groups excluding carboxylic acids is 1. The second kappa shape index (κ2) is 5.31. The van der Waals surface area contributed by atoms with E-state index in [0.29, 0.717) is 12.2 Å². The first-order chi connectivity index (χ1) is 7.09. The second-order valence-electron chi connectivity index (χ2n) is 4.14. The van der Waals surface area contributed by atoms with Crippen molar-refractivity contribution in [2.75, 3.05) is 6.61 Å². The van der Waals surface area contributed by atoms with Gasteiger partial charge in [0.15, 0.2) is 0 Å². The van der Waals surface area contributed by atoms with Crippen LogP contribution in [0.5, 0.6) is 0 Å². The number of hydrogen-bond acceptors (Lipinski definition) is 3. The van der Waals surface area contributed by atoms with Crippen LogP contribution in [0.15, 0.2) is 12.2 Å². The van der Waals surface area contributed by atoms with E-state index in [-0.39, 0.29) is 5.97 Å². The standard InChI is InChI=1S/C12H20O3/c1-4-5-7-12(8-6-9-14-12)15-11(13)10(2)3/h2,4-9H2,1,3H3. The molecule has 1 saturated heterocycles. The first-order valence-corrected chi connectivity index (χ1v) is 5.62. The Morgan fingerprint density at radius 2 is 2.33 bits per heavy atom. The van der Waals surface area contributed by atoms with Crippen LogP contribution in [0.1, 0.15) is 46.0 Å². The molecule has 1 aliphatic rings. The Kier molecular flexibility index (Phi) is 4.33. The van der Waals surface area contributed by atoms with Gasteiger partial charge >= 0.3 is 5.97 Å². The normalized spacial score (nSPS) is 25.2. The summed E-state index contributed by atoms with van der Waals surface area (Å²) < 4.78 is 11.0. The molecule has 0 bridgehead atoms. The summed E-state index contributed by atoms with van der Waals surface area (Å²) in [6, 6.07) is 0. The van der Waals surface area contributed by atoms with Crippen LogP contribution in [0.4, 0.5) is 0 Å². The van der Waals surface area contributed by atoms with Crippen molar-refractivity contribution in [1.29, 1.82) is 0 Å². The van der Waals surface area contributed by atoms with Crippen molar-refractivity contribution in [3.8, 4) is 0 Å². The van der Waals surface area contributed by atoms with Gasteiger partial charge in [0.05, 0.1) is 6.61 Å². The average Bonchev–Trinajstić information content (AvgIpc) is 2.64. The Balaban J connectivity index is 2.56. The molecule has 0 aromatic heterocycles. The van der Waals surface area contributed by atoms with Crippen LogP contribution in [0.25, 0.3) is 0 Å². The number of carbonyl (C=O) groups is 1. The SMILES string of the molecule is C=C(C)C(=O)OC1(CCCC)CCCO1. The van der Waals surface area contributed by atoms with E-state index >= 15 is 0 Å². The maximum Gasteiger partial charge on any atom is 0.335 e. The zero-order valence-electron chi connectivity index (χ0n) is 9.67. The summed E-state index contributed by atoms with van der Waals surface area (Å²) in [5, 5.41) is 0. The lowest BCUT2D eigenvalue weighted by Gasteiger charge is -2.28. The fourth-order valence-corrected chi connectivity index (χ4v) is 1.70. The molecule has 1 atom stereocenters. The van der Waals surface area contributed by atoms with Crippen molar-refractivity contribution in [3.63, 3.8) is 0 Å². The maximum absolute atomic E-state index is 11.5. The molecule has 1 rings (SSSR count). The summed E-state index contributed by atoms with van der Waals surface area (Å²) in [6.07, 6.45) is 4.67. The van der Waals surface area contributed by atoms with Crippen LogP contribution < -0.4 is 0 Å². The molecule has 0 radical (unpaired) electrons. The maximum atomic E-state index is 11.5. The number of ether oxygens (including phenoxy) is 2. The highest BCUT2D eigenvalue weighted by molar-refractivity contribution is 5.87. The molecular weight excluding hydrogens is 192 g/mol. The predicted octanol–water partition coefficient (Wildman–Crippen LogP) is 2.80. The van der Waals surface area contributed by atoms with E-state index in [1.165, 1.54) is 0 Å². The third-order valence-corrected chi connectivity index (χ3v) is 2.61. The molecule has 0 spiro atoms. The van der Waals surface area contributed by atoms with E-state index < -0.39 is 5.79 Å². The topological polar surface area (TPSA) is 35.5 Å². The Bertz CT molecular complexity index is 239. The van der Waals surface area contributed by atoms with Crippen LogP contribution in [0, 0.1) is 0 Å². The minimum Gasteiger partial charge on any atom is -0.430 e. The highest BCUT2D eigenvalue weighted by Gasteiger charge is 2.38. The van der Waals surface area contributed by atoms with E-state index in [4.69, 9.17) is 9.47 Å². The molecule has 15 heavy (non-hydrogen) atoms. The van der Waals surface area contributed by atoms with E-state index in [1.54, 1.807) is 6.92 Å². The number of unbranched alkanes of at least 4 members (excludes halogenated alkanes) is 1. The van der Waals surface area contributed by atoms with Gasteiger partial charge in [-0.05, 0) is 19.8 Å². The third kappa shape index (κ3) is 3.34. The van der Waals surface area contributed by atoms with Crippen LogP contribution in [0.3, 0.4) is 0 Å². The molecule has 0 N–H and O–H groups in total. The molecule has 1 fully saturated rings. The number of esters is 1. The van der Waals surface area contributed by atoms with Crippen molar-refractivity contribution in [3.05, 3.63) is 12.2 Å².